The van der Waals surface area contributed by atoms with Crippen molar-refractivity contribution in [2.75, 3.05) is 18.4 Å². The third-order valence-electron chi connectivity index (χ3n) is 4.17. The number of aryl methyl sites for hydroxylation is 1. The van der Waals surface area contributed by atoms with Crippen LogP contribution in [0.4, 0.5) is 5.82 Å². The zero-order valence-electron chi connectivity index (χ0n) is 13.1. The van der Waals surface area contributed by atoms with Gasteiger partial charge in [0, 0.05) is 31.8 Å². The molecule has 0 atom stereocenters. The Morgan fingerprint density at radius 2 is 2.17 bits per heavy atom. The second-order valence-corrected chi connectivity index (χ2v) is 5.84. The van der Waals surface area contributed by atoms with Crippen LogP contribution in [0.5, 0.6) is 0 Å². The van der Waals surface area contributed by atoms with Crippen molar-refractivity contribution in [2.24, 2.45) is 0 Å². The van der Waals surface area contributed by atoms with E-state index in [9.17, 15) is 9.59 Å². The molecule has 2 aliphatic rings. The van der Waals surface area contributed by atoms with Crippen molar-refractivity contribution in [2.45, 2.75) is 19.3 Å². The Morgan fingerprint density at radius 3 is 2.88 bits per heavy atom. The maximum absolute atomic E-state index is 12.2. The Hall–Kier alpha value is -2.45. The maximum atomic E-state index is 12.2. The van der Waals surface area contributed by atoms with Gasteiger partial charge in [-0.25, -0.2) is 4.98 Å². The molecule has 0 aromatic carbocycles. The smallest absolute Gasteiger partial charge is 0.423 e. The van der Waals surface area contributed by atoms with Gasteiger partial charge in [0.1, 0.15) is 5.82 Å². The van der Waals surface area contributed by atoms with Gasteiger partial charge in [0.15, 0.2) is 0 Å². The lowest BCUT2D eigenvalue weighted by molar-refractivity contribution is -0.125. The quantitative estimate of drug-likeness (QED) is 0.542. The summed E-state index contributed by atoms with van der Waals surface area (Å²) in [4.78, 5) is 29.4. The standard InChI is InChI=1S/C16H18BN3O4/c21-14-3-2-12-9-11(10-18-16(12)19-14)1-4-15(22)20-7-5-13(6-8-20)17(23)24/h1,4-5,9-10,23-24H,2-3,6-8H2,(H,18,19,21)/b4-1+. The molecule has 1 aromatic rings. The molecule has 3 N–H and O–H groups in total. The molecule has 0 fully saturated rings. The summed E-state index contributed by atoms with van der Waals surface area (Å²) in [6.45, 7) is 0.825. The highest BCUT2D eigenvalue weighted by atomic mass is 16.4. The summed E-state index contributed by atoms with van der Waals surface area (Å²) >= 11 is 0. The van der Waals surface area contributed by atoms with E-state index in [0.29, 0.717) is 43.6 Å². The van der Waals surface area contributed by atoms with Gasteiger partial charge in [0.25, 0.3) is 0 Å². The number of aromatic nitrogens is 1. The largest absolute Gasteiger partial charge is 0.483 e. The number of pyridine rings is 1. The Morgan fingerprint density at radius 1 is 1.33 bits per heavy atom. The molecule has 0 saturated heterocycles. The van der Waals surface area contributed by atoms with E-state index in [2.05, 4.69) is 10.3 Å². The number of rotatable bonds is 3. The zero-order valence-corrected chi connectivity index (χ0v) is 13.1. The van der Waals surface area contributed by atoms with Crippen molar-refractivity contribution in [3.05, 3.63) is 41.0 Å². The number of hydrogen-bond donors (Lipinski definition) is 3. The van der Waals surface area contributed by atoms with Crippen LogP contribution in [0.2, 0.25) is 0 Å². The Kier molecular flexibility index (Phi) is 4.77. The summed E-state index contributed by atoms with van der Waals surface area (Å²) in [5, 5.41) is 20.9. The van der Waals surface area contributed by atoms with Gasteiger partial charge in [0.2, 0.25) is 11.8 Å². The molecule has 0 spiro atoms. The lowest BCUT2D eigenvalue weighted by atomic mass is 9.76. The van der Waals surface area contributed by atoms with Crippen LogP contribution in [0, 0.1) is 0 Å². The topological polar surface area (TPSA) is 103 Å². The number of fused-ring (bicyclic) bond motifs is 1. The number of amides is 2. The SMILES string of the molecule is O=C1CCc2cc(/C=C/C(=O)N3CC=C(B(O)O)CC3)cnc2N1. The summed E-state index contributed by atoms with van der Waals surface area (Å²) in [5.74, 6) is 0.425. The predicted octanol–water partition coefficient (Wildman–Crippen LogP) is 0.150. The van der Waals surface area contributed by atoms with Crippen LogP contribution in [-0.4, -0.2) is 52.0 Å². The van der Waals surface area contributed by atoms with Gasteiger partial charge in [0.05, 0.1) is 0 Å². The number of anilines is 1. The van der Waals surface area contributed by atoms with E-state index < -0.39 is 7.12 Å². The second kappa shape index (κ2) is 6.98. The van der Waals surface area contributed by atoms with Crippen molar-refractivity contribution >= 4 is 30.8 Å². The van der Waals surface area contributed by atoms with Gasteiger partial charge in [-0.3, -0.25) is 9.59 Å². The first kappa shape index (κ1) is 16.4. The van der Waals surface area contributed by atoms with Crippen molar-refractivity contribution in [1.82, 2.24) is 9.88 Å². The summed E-state index contributed by atoms with van der Waals surface area (Å²) in [7, 11) is -1.44. The molecule has 1 aromatic heterocycles. The molecule has 24 heavy (non-hydrogen) atoms. The molecule has 2 amide bonds. The van der Waals surface area contributed by atoms with Gasteiger partial charge in [-0.15, -0.1) is 0 Å². The van der Waals surface area contributed by atoms with Crippen LogP contribution >= 0.6 is 0 Å². The normalized spacial score (nSPS) is 17.3. The van der Waals surface area contributed by atoms with Crippen LogP contribution in [0.3, 0.4) is 0 Å². The lowest BCUT2D eigenvalue weighted by Crippen LogP contribution is -2.36. The van der Waals surface area contributed by atoms with Crippen molar-refractivity contribution < 1.29 is 19.6 Å². The number of carbonyl (C=O) groups excluding carboxylic acids is 2. The highest BCUT2D eigenvalue weighted by Crippen LogP contribution is 2.21. The Labute approximate surface area is 139 Å². The molecule has 8 heteroatoms. The molecule has 0 radical (unpaired) electrons. The molecule has 0 unspecified atom stereocenters. The zero-order chi connectivity index (χ0) is 17.1. The number of nitrogens with one attached hydrogen (secondary N) is 1. The third-order valence-corrected chi connectivity index (χ3v) is 4.17. The van der Waals surface area contributed by atoms with E-state index in [1.165, 1.54) is 6.08 Å². The molecule has 0 aliphatic carbocycles. The fourth-order valence-corrected chi connectivity index (χ4v) is 2.76. The maximum Gasteiger partial charge on any atom is 0.483 e. The highest BCUT2D eigenvalue weighted by molar-refractivity contribution is 6.50. The minimum absolute atomic E-state index is 0.0287. The Bertz CT molecular complexity index is 730. The third kappa shape index (κ3) is 3.72. The van der Waals surface area contributed by atoms with E-state index in [-0.39, 0.29) is 11.8 Å². The van der Waals surface area contributed by atoms with E-state index in [1.54, 1.807) is 23.2 Å². The second-order valence-electron chi connectivity index (χ2n) is 5.84. The van der Waals surface area contributed by atoms with Gasteiger partial charge in [-0.1, -0.05) is 6.08 Å². The van der Waals surface area contributed by atoms with E-state index in [1.807, 2.05) is 6.07 Å². The van der Waals surface area contributed by atoms with Crippen molar-refractivity contribution in [1.29, 1.82) is 0 Å². The van der Waals surface area contributed by atoms with Gasteiger partial charge in [-0.2, -0.15) is 0 Å². The average Bonchev–Trinajstić information content (AvgIpc) is 2.59. The summed E-state index contributed by atoms with van der Waals surface area (Å²) in [6.07, 6.45) is 8.02. The Balaban J connectivity index is 1.64. The number of nitrogens with zero attached hydrogens (tertiary/aromatic N) is 2. The minimum atomic E-state index is -1.44. The first-order chi connectivity index (χ1) is 11.5. The van der Waals surface area contributed by atoms with Crippen LogP contribution in [0.25, 0.3) is 6.08 Å². The van der Waals surface area contributed by atoms with Crippen molar-refractivity contribution in [3.8, 4) is 0 Å². The summed E-state index contributed by atoms with van der Waals surface area (Å²) in [5.41, 5.74) is 2.31. The highest BCUT2D eigenvalue weighted by Gasteiger charge is 2.21. The van der Waals surface area contributed by atoms with Gasteiger partial charge >= 0.3 is 7.12 Å². The average molecular weight is 327 g/mol. The van der Waals surface area contributed by atoms with Crippen LogP contribution in [0.15, 0.2) is 29.9 Å². The fourth-order valence-electron chi connectivity index (χ4n) is 2.76. The first-order valence-corrected chi connectivity index (χ1v) is 7.84. The molecule has 2 aliphatic heterocycles. The molecular weight excluding hydrogens is 309 g/mol. The number of carbonyl (C=O) groups is 2. The van der Waals surface area contributed by atoms with Crippen molar-refractivity contribution in [3.63, 3.8) is 0 Å². The lowest BCUT2D eigenvalue weighted by Gasteiger charge is -2.25. The van der Waals surface area contributed by atoms with E-state index in [4.69, 9.17) is 10.0 Å². The summed E-state index contributed by atoms with van der Waals surface area (Å²) < 4.78 is 0. The molecule has 124 valence electrons. The molecule has 0 saturated carbocycles. The molecule has 7 nitrogen and oxygen atoms in total. The molecule has 0 bridgehead atoms. The monoisotopic (exact) mass is 327 g/mol. The van der Waals surface area contributed by atoms with Gasteiger partial charge in [-0.05, 0) is 41.6 Å². The van der Waals surface area contributed by atoms with Gasteiger partial charge < -0.3 is 20.3 Å². The first-order valence-electron chi connectivity index (χ1n) is 7.84. The summed E-state index contributed by atoms with van der Waals surface area (Å²) in [6, 6.07) is 1.92. The molecule has 3 heterocycles. The molecular formula is C16H18BN3O4. The fraction of sp³-hybridized carbons (Fsp3) is 0.312. The van der Waals surface area contributed by atoms with E-state index in [0.717, 1.165) is 11.1 Å². The van der Waals surface area contributed by atoms with Crippen LogP contribution < -0.4 is 5.32 Å². The predicted molar refractivity (Wildman–Crippen MR) is 89.7 cm³/mol. The molecule has 3 rings (SSSR count). The minimum Gasteiger partial charge on any atom is -0.423 e. The van der Waals surface area contributed by atoms with Crippen LogP contribution in [0.1, 0.15) is 24.0 Å². The van der Waals surface area contributed by atoms with E-state index >= 15 is 0 Å². The number of hydrogen-bond acceptors (Lipinski definition) is 5. The van der Waals surface area contributed by atoms with Crippen LogP contribution in [-0.2, 0) is 16.0 Å².